The van der Waals surface area contributed by atoms with Crippen LogP contribution in [0.25, 0.3) is 22.3 Å². The molecule has 1 atom stereocenters. The predicted octanol–water partition coefficient (Wildman–Crippen LogP) is 5.04. The van der Waals surface area contributed by atoms with Gasteiger partial charge in [-0.15, -0.1) is 0 Å². The molecule has 2 saturated heterocycles. The third-order valence-electron chi connectivity index (χ3n) is 7.44. The first kappa shape index (κ1) is 33.3. The van der Waals surface area contributed by atoms with Gasteiger partial charge in [-0.25, -0.2) is 9.97 Å². The Morgan fingerprint density at radius 2 is 1.78 bits per heavy atom. The van der Waals surface area contributed by atoms with Crippen LogP contribution in [0, 0.1) is 0 Å². The second kappa shape index (κ2) is 16.5. The number of fused-ring (bicyclic) bond motifs is 1. The van der Waals surface area contributed by atoms with Crippen molar-refractivity contribution in [2.75, 3.05) is 49.6 Å². The number of ether oxygens (including phenoxy) is 1. The molecule has 2 fully saturated rings. The summed E-state index contributed by atoms with van der Waals surface area (Å²) in [6.07, 6.45) is 5.42. The largest absolute Gasteiger partial charge is 0.378 e. The monoisotopic (exact) mass is 612 g/mol. The third-order valence-corrected chi connectivity index (χ3v) is 7.44. The smallest absolute Gasteiger partial charge is 0.274 e. The average molecular weight is 613 g/mol. The fraction of sp³-hybridized carbons (Fsp3) is 0.382. The molecule has 1 unspecified atom stereocenters. The molecule has 6 rings (SSSR count). The van der Waals surface area contributed by atoms with Crippen LogP contribution in [0.15, 0.2) is 67.6 Å². The molecule has 0 bridgehead atoms. The van der Waals surface area contributed by atoms with Gasteiger partial charge in [0.05, 0.1) is 18.6 Å². The highest BCUT2D eigenvalue weighted by atomic mass is 16.5. The molecule has 11 heteroatoms. The lowest BCUT2D eigenvalue weighted by Crippen LogP contribution is -2.36. The second-order valence-corrected chi connectivity index (χ2v) is 10.3. The zero-order chi connectivity index (χ0) is 32.2. The van der Waals surface area contributed by atoms with Gasteiger partial charge in [0.1, 0.15) is 23.5 Å². The van der Waals surface area contributed by atoms with Crippen molar-refractivity contribution >= 4 is 34.4 Å². The van der Waals surface area contributed by atoms with Gasteiger partial charge in [0.2, 0.25) is 5.91 Å². The number of morpholine rings is 1. The Hall–Kier alpha value is -4.61. The van der Waals surface area contributed by atoms with E-state index in [2.05, 4.69) is 53.0 Å². The molecular weight excluding hydrogens is 568 g/mol. The maximum Gasteiger partial charge on any atom is 0.274 e. The SMILES string of the molecule is C=CC(=O)NC1CCN(Cc2ccnc(C(=O)Nc3ccc(-c4cc5c(N6CCOCC6)ncnc5[nH]4)cc3)c2)C1.CC.CC. The number of likely N-dealkylation sites (tertiary alicyclic amines) is 1. The van der Waals surface area contributed by atoms with E-state index in [4.69, 9.17) is 4.74 Å². The lowest BCUT2D eigenvalue weighted by molar-refractivity contribution is -0.117. The van der Waals surface area contributed by atoms with Gasteiger partial charge in [0, 0.05) is 56.3 Å². The summed E-state index contributed by atoms with van der Waals surface area (Å²) in [6, 6.07) is 13.6. The summed E-state index contributed by atoms with van der Waals surface area (Å²) < 4.78 is 5.48. The molecule has 2 amide bonds. The Bertz CT molecular complexity index is 1560. The van der Waals surface area contributed by atoms with Gasteiger partial charge >= 0.3 is 0 Å². The molecule has 5 heterocycles. The van der Waals surface area contributed by atoms with E-state index in [1.165, 1.54) is 6.08 Å². The standard InChI is InChI=1S/C30H32N8O3.2C2H6/c1-2-27(39)34-23-8-10-37(18-23)17-20-7-9-31-26(15-20)30(40)35-22-5-3-21(4-6-22)25-16-24-28(36-25)32-19-33-29(24)38-11-13-41-14-12-38;2*1-2/h2-7,9,15-16,19,23H,1,8,10-14,17-18H2,(H,34,39)(H,35,40)(H,32,33,36);2*1-2H3. The number of anilines is 2. The number of rotatable bonds is 8. The van der Waals surface area contributed by atoms with Gasteiger partial charge < -0.3 is 25.3 Å². The number of hydrogen-bond acceptors (Lipinski definition) is 8. The molecule has 1 aromatic carbocycles. The van der Waals surface area contributed by atoms with Crippen molar-refractivity contribution in [3.05, 3.63) is 78.9 Å². The van der Waals surface area contributed by atoms with E-state index in [0.717, 1.165) is 66.3 Å². The number of carbonyl (C=O) groups is 2. The molecule has 0 saturated carbocycles. The second-order valence-electron chi connectivity index (χ2n) is 10.3. The Balaban J connectivity index is 0.00000111. The Labute approximate surface area is 265 Å². The lowest BCUT2D eigenvalue weighted by Gasteiger charge is -2.27. The molecule has 3 aromatic heterocycles. The predicted molar refractivity (Wildman–Crippen MR) is 179 cm³/mol. The molecule has 45 heavy (non-hydrogen) atoms. The maximum atomic E-state index is 13.0. The molecule has 0 spiro atoms. The summed E-state index contributed by atoms with van der Waals surface area (Å²) in [7, 11) is 0. The molecule has 3 N–H and O–H groups in total. The van der Waals surface area contributed by atoms with Gasteiger partial charge in [-0.1, -0.05) is 46.4 Å². The van der Waals surface area contributed by atoms with Gasteiger partial charge in [-0.3, -0.25) is 19.5 Å². The molecule has 4 aromatic rings. The van der Waals surface area contributed by atoms with Crippen molar-refractivity contribution in [1.29, 1.82) is 0 Å². The van der Waals surface area contributed by atoms with E-state index >= 15 is 0 Å². The van der Waals surface area contributed by atoms with E-state index in [1.54, 1.807) is 12.5 Å². The van der Waals surface area contributed by atoms with Gasteiger partial charge in [0.15, 0.2) is 0 Å². The quantitative estimate of drug-likeness (QED) is 0.236. The van der Waals surface area contributed by atoms with E-state index in [0.29, 0.717) is 31.1 Å². The summed E-state index contributed by atoms with van der Waals surface area (Å²) in [6.45, 7) is 16.8. The summed E-state index contributed by atoms with van der Waals surface area (Å²) in [5, 5.41) is 6.87. The minimum atomic E-state index is -0.270. The highest BCUT2D eigenvalue weighted by molar-refractivity contribution is 6.03. The third kappa shape index (κ3) is 8.52. The highest BCUT2D eigenvalue weighted by Crippen LogP contribution is 2.29. The van der Waals surface area contributed by atoms with E-state index < -0.39 is 0 Å². The van der Waals surface area contributed by atoms with Crippen molar-refractivity contribution < 1.29 is 14.3 Å². The zero-order valence-electron chi connectivity index (χ0n) is 26.7. The van der Waals surface area contributed by atoms with Crippen LogP contribution in [0.5, 0.6) is 0 Å². The molecule has 2 aliphatic rings. The maximum absolute atomic E-state index is 13.0. The van der Waals surface area contributed by atoms with Gasteiger partial charge in [0.25, 0.3) is 5.91 Å². The number of pyridine rings is 1. The number of aromatic amines is 1. The molecule has 11 nitrogen and oxygen atoms in total. The van der Waals surface area contributed by atoms with Crippen LogP contribution in [-0.4, -0.2) is 82.1 Å². The van der Waals surface area contributed by atoms with Crippen LogP contribution in [0.3, 0.4) is 0 Å². The van der Waals surface area contributed by atoms with E-state index in [1.807, 2.05) is 64.1 Å². The highest BCUT2D eigenvalue weighted by Gasteiger charge is 2.23. The number of amides is 2. The molecule has 0 aliphatic carbocycles. The first-order chi connectivity index (χ1) is 22.1. The fourth-order valence-corrected chi connectivity index (χ4v) is 5.35. The summed E-state index contributed by atoms with van der Waals surface area (Å²) >= 11 is 0. The Kier molecular flexibility index (Phi) is 12.2. The number of nitrogens with one attached hydrogen (secondary N) is 3. The first-order valence-corrected chi connectivity index (χ1v) is 15.7. The summed E-state index contributed by atoms with van der Waals surface area (Å²) in [5.41, 5.74) is 4.71. The number of H-pyrrole nitrogens is 1. The molecular formula is C34H44N8O3. The topological polar surface area (TPSA) is 128 Å². The van der Waals surface area contributed by atoms with E-state index in [9.17, 15) is 9.59 Å². The van der Waals surface area contributed by atoms with Crippen LogP contribution >= 0.6 is 0 Å². The van der Waals surface area contributed by atoms with Gasteiger partial charge in [-0.05, 0) is 54.0 Å². The van der Waals surface area contributed by atoms with E-state index in [-0.39, 0.29) is 17.9 Å². The van der Waals surface area contributed by atoms with Crippen LogP contribution in [0.2, 0.25) is 0 Å². The number of aromatic nitrogens is 4. The minimum absolute atomic E-state index is 0.109. The lowest BCUT2D eigenvalue weighted by atomic mass is 10.1. The molecule has 238 valence electrons. The van der Waals surface area contributed by atoms with Crippen molar-refractivity contribution in [3.8, 4) is 11.3 Å². The van der Waals surface area contributed by atoms with Gasteiger partial charge in [-0.2, -0.15) is 0 Å². The van der Waals surface area contributed by atoms with Crippen molar-refractivity contribution in [3.63, 3.8) is 0 Å². The zero-order valence-corrected chi connectivity index (χ0v) is 26.7. The minimum Gasteiger partial charge on any atom is -0.378 e. The Morgan fingerprint density at radius 1 is 1.02 bits per heavy atom. The summed E-state index contributed by atoms with van der Waals surface area (Å²) in [5.74, 6) is 0.484. The average Bonchev–Trinajstić information content (AvgIpc) is 3.74. The summed E-state index contributed by atoms with van der Waals surface area (Å²) in [4.78, 5) is 45.7. The fourth-order valence-electron chi connectivity index (χ4n) is 5.35. The van der Waals surface area contributed by atoms with Crippen LogP contribution < -0.4 is 15.5 Å². The van der Waals surface area contributed by atoms with Crippen LogP contribution in [0.1, 0.15) is 50.2 Å². The number of nitrogens with zero attached hydrogens (tertiary/aromatic N) is 5. The van der Waals surface area contributed by atoms with Crippen LogP contribution in [0.4, 0.5) is 11.5 Å². The molecule has 2 aliphatic heterocycles. The number of hydrogen-bond donors (Lipinski definition) is 3. The first-order valence-electron chi connectivity index (χ1n) is 15.7. The van der Waals surface area contributed by atoms with Crippen molar-refractivity contribution in [2.45, 2.75) is 46.7 Å². The van der Waals surface area contributed by atoms with Crippen LogP contribution in [-0.2, 0) is 16.1 Å². The molecule has 0 radical (unpaired) electrons. The normalized spacial score (nSPS) is 16.2. The number of benzene rings is 1. The van der Waals surface area contributed by atoms with Crippen molar-refractivity contribution in [2.24, 2.45) is 0 Å². The Morgan fingerprint density at radius 3 is 2.51 bits per heavy atom. The number of carbonyl (C=O) groups excluding carboxylic acids is 2. The van der Waals surface area contributed by atoms with Crippen molar-refractivity contribution in [1.82, 2.24) is 30.2 Å².